The second-order valence-corrected chi connectivity index (χ2v) is 11.0. The molecule has 182 valence electrons. The summed E-state index contributed by atoms with van der Waals surface area (Å²) in [5, 5.41) is 3.60. The molecule has 4 nitrogen and oxygen atoms in total. The van der Waals surface area contributed by atoms with Crippen LogP contribution in [0.2, 0.25) is 0 Å². The van der Waals surface area contributed by atoms with Crippen molar-refractivity contribution >= 4 is 11.3 Å². The van der Waals surface area contributed by atoms with Crippen molar-refractivity contribution in [3.63, 3.8) is 0 Å². The van der Waals surface area contributed by atoms with Crippen molar-refractivity contribution in [2.45, 2.75) is 57.9 Å². The molecule has 2 N–H and O–H groups in total. The van der Waals surface area contributed by atoms with Gasteiger partial charge in [-0.25, -0.2) is 4.98 Å². The maximum atomic E-state index is 4.72. The summed E-state index contributed by atoms with van der Waals surface area (Å²) in [4.78, 5) is 12.9. The predicted molar refractivity (Wildman–Crippen MR) is 148 cm³/mol. The van der Waals surface area contributed by atoms with Crippen molar-refractivity contribution in [2.75, 3.05) is 6.54 Å². The molecule has 0 amide bonds. The fraction of sp³-hybridized carbons (Fsp3) is 0.375. The lowest BCUT2D eigenvalue weighted by atomic mass is 9.97. The highest BCUT2D eigenvalue weighted by atomic mass is 15.0. The summed E-state index contributed by atoms with van der Waals surface area (Å²) < 4.78 is 0. The highest BCUT2D eigenvalue weighted by Gasteiger charge is 2.27. The predicted octanol–water partition coefficient (Wildman–Crippen LogP) is 6.56. The standard InChI is InChI=1S/C32H34N4/c1-21-3-10-27(15-21)32-35-20-31(36-32)26-13-8-24(9-14-26)5-4-23-6-11-25(12-7-23)28-17-30(34-19-28)29-16-22(2)18-33-29/h6-9,11-14,19-22,27,29,33H,3,10,15-18H2,1-2H3,(H,35,36)/t21-,22+,27+,29+/m1/s1. The fourth-order valence-corrected chi connectivity index (χ4v) is 5.79. The van der Waals surface area contributed by atoms with Crippen molar-refractivity contribution in [2.24, 2.45) is 16.8 Å². The molecular formula is C32H34N4. The zero-order valence-electron chi connectivity index (χ0n) is 21.2. The number of nitrogens with zero attached hydrogens (tertiary/aromatic N) is 2. The monoisotopic (exact) mass is 474 g/mol. The smallest absolute Gasteiger partial charge is 0.109 e. The average molecular weight is 475 g/mol. The van der Waals surface area contributed by atoms with Crippen LogP contribution in [-0.4, -0.2) is 28.3 Å². The Morgan fingerprint density at radius 1 is 0.833 bits per heavy atom. The summed E-state index contributed by atoms with van der Waals surface area (Å²) in [6, 6.07) is 17.5. The van der Waals surface area contributed by atoms with Crippen molar-refractivity contribution in [1.82, 2.24) is 15.3 Å². The molecular weight excluding hydrogens is 440 g/mol. The van der Waals surface area contributed by atoms with Gasteiger partial charge in [-0.1, -0.05) is 50.0 Å². The summed E-state index contributed by atoms with van der Waals surface area (Å²) in [6.07, 6.45) is 9.94. The highest BCUT2D eigenvalue weighted by molar-refractivity contribution is 6.01. The van der Waals surface area contributed by atoms with E-state index in [2.05, 4.69) is 89.5 Å². The van der Waals surface area contributed by atoms with Gasteiger partial charge in [0.1, 0.15) is 5.82 Å². The molecule has 2 fully saturated rings. The summed E-state index contributed by atoms with van der Waals surface area (Å²) in [6.45, 7) is 5.74. The quantitative estimate of drug-likeness (QED) is 0.421. The number of benzene rings is 2. The molecule has 2 aliphatic heterocycles. The molecule has 1 aliphatic carbocycles. The van der Waals surface area contributed by atoms with E-state index in [0.717, 1.165) is 53.0 Å². The zero-order valence-corrected chi connectivity index (χ0v) is 21.2. The van der Waals surface area contributed by atoms with Crippen molar-refractivity contribution in [3.8, 4) is 23.1 Å². The Balaban J connectivity index is 1.07. The van der Waals surface area contributed by atoms with Gasteiger partial charge >= 0.3 is 0 Å². The van der Waals surface area contributed by atoms with E-state index in [4.69, 9.17) is 4.99 Å². The van der Waals surface area contributed by atoms with Crippen LogP contribution >= 0.6 is 0 Å². The molecule has 1 saturated carbocycles. The molecule has 0 spiro atoms. The molecule has 2 aromatic carbocycles. The van der Waals surface area contributed by atoms with Gasteiger partial charge in [-0.2, -0.15) is 0 Å². The van der Waals surface area contributed by atoms with Gasteiger partial charge in [0.15, 0.2) is 0 Å². The maximum Gasteiger partial charge on any atom is 0.109 e. The lowest BCUT2D eigenvalue weighted by molar-refractivity contribution is 0.588. The summed E-state index contributed by atoms with van der Waals surface area (Å²) in [5.41, 5.74) is 8.10. The number of aliphatic imine (C=N–C) groups is 1. The number of imidazole rings is 1. The van der Waals surface area contributed by atoms with E-state index in [-0.39, 0.29) is 0 Å². The third kappa shape index (κ3) is 4.94. The van der Waals surface area contributed by atoms with Crippen LogP contribution in [0.4, 0.5) is 0 Å². The first kappa shape index (κ1) is 23.0. The number of hydrogen-bond donors (Lipinski definition) is 2. The van der Waals surface area contributed by atoms with E-state index >= 15 is 0 Å². The van der Waals surface area contributed by atoms with Gasteiger partial charge in [-0.15, -0.1) is 0 Å². The fourth-order valence-electron chi connectivity index (χ4n) is 5.79. The minimum absolute atomic E-state index is 0.441. The van der Waals surface area contributed by atoms with Crippen LogP contribution in [0, 0.1) is 23.7 Å². The number of H-pyrrole nitrogens is 1. The van der Waals surface area contributed by atoms with E-state index in [1.165, 1.54) is 42.5 Å². The SMILES string of the molecule is C[C@@H]1CC[C@H](c2ncc(-c3ccc(C#Cc4ccc(C5=CN=C([C@@H]6C[C@H](C)CN6)C5)cc4)cc3)[nH]2)C1. The number of allylic oxidation sites excluding steroid dienone is 1. The van der Waals surface area contributed by atoms with Gasteiger partial charge in [0.25, 0.3) is 0 Å². The lowest BCUT2D eigenvalue weighted by Crippen LogP contribution is -2.29. The Morgan fingerprint density at radius 3 is 2.19 bits per heavy atom. The largest absolute Gasteiger partial charge is 0.342 e. The molecule has 3 aliphatic rings. The number of aromatic amines is 1. The minimum atomic E-state index is 0.441. The Kier molecular flexibility index (Phi) is 6.34. The minimum Gasteiger partial charge on any atom is -0.342 e. The Bertz CT molecular complexity index is 1350. The molecule has 36 heavy (non-hydrogen) atoms. The molecule has 0 unspecified atom stereocenters. The van der Waals surface area contributed by atoms with Gasteiger partial charge in [-0.3, -0.25) is 4.99 Å². The molecule has 3 heterocycles. The van der Waals surface area contributed by atoms with Gasteiger partial charge < -0.3 is 10.3 Å². The topological polar surface area (TPSA) is 53.1 Å². The highest BCUT2D eigenvalue weighted by Crippen LogP contribution is 2.37. The molecule has 6 rings (SSSR count). The molecule has 1 aromatic heterocycles. The second-order valence-electron chi connectivity index (χ2n) is 11.0. The van der Waals surface area contributed by atoms with Gasteiger partial charge in [0, 0.05) is 41.4 Å². The van der Waals surface area contributed by atoms with Crippen LogP contribution in [0.15, 0.2) is 65.9 Å². The van der Waals surface area contributed by atoms with E-state index in [1.807, 2.05) is 12.4 Å². The van der Waals surface area contributed by atoms with Gasteiger partial charge in [-0.05, 0) is 85.0 Å². The number of aromatic nitrogens is 2. The molecule has 4 atom stereocenters. The summed E-state index contributed by atoms with van der Waals surface area (Å²) >= 11 is 0. The molecule has 3 aromatic rings. The molecule has 0 bridgehead atoms. The van der Waals surface area contributed by atoms with E-state index < -0.39 is 0 Å². The van der Waals surface area contributed by atoms with Crippen molar-refractivity contribution in [3.05, 3.63) is 83.4 Å². The zero-order chi connectivity index (χ0) is 24.5. The summed E-state index contributed by atoms with van der Waals surface area (Å²) in [7, 11) is 0. The molecule has 1 saturated heterocycles. The van der Waals surface area contributed by atoms with Crippen LogP contribution < -0.4 is 5.32 Å². The van der Waals surface area contributed by atoms with Crippen molar-refractivity contribution < 1.29 is 0 Å². The first-order valence-electron chi connectivity index (χ1n) is 13.4. The normalized spacial score (nSPS) is 25.4. The summed E-state index contributed by atoms with van der Waals surface area (Å²) in [5.74, 6) is 9.89. The van der Waals surface area contributed by atoms with Gasteiger partial charge in [0.05, 0.1) is 11.9 Å². The van der Waals surface area contributed by atoms with Crippen LogP contribution in [0.3, 0.4) is 0 Å². The first-order valence-corrected chi connectivity index (χ1v) is 13.4. The Morgan fingerprint density at radius 2 is 1.56 bits per heavy atom. The van der Waals surface area contributed by atoms with Gasteiger partial charge in [0.2, 0.25) is 0 Å². The maximum absolute atomic E-state index is 4.72. The van der Waals surface area contributed by atoms with Crippen LogP contribution in [-0.2, 0) is 0 Å². The lowest BCUT2D eigenvalue weighted by Gasteiger charge is -2.11. The average Bonchev–Trinajstić information content (AvgIpc) is 3.70. The van der Waals surface area contributed by atoms with Crippen LogP contribution in [0.5, 0.6) is 0 Å². The Hall–Kier alpha value is -3.42. The van der Waals surface area contributed by atoms with E-state index in [0.29, 0.717) is 12.0 Å². The molecule has 4 heteroatoms. The van der Waals surface area contributed by atoms with Crippen LogP contribution in [0.1, 0.15) is 74.4 Å². The third-order valence-corrected chi connectivity index (χ3v) is 7.99. The van der Waals surface area contributed by atoms with Crippen LogP contribution in [0.25, 0.3) is 16.8 Å². The number of rotatable bonds is 4. The molecule has 0 radical (unpaired) electrons. The number of hydrogen-bond acceptors (Lipinski definition) is 3. The third-order valence-electron chi connectivity index (χ3n) is 7.99. The first-order chi connectivity index (χ1) is 17.6. The number of nitrogens with one attached hydrogen (secondary N) is 2. The second kappa shape index (κ2) is 9.91. The van der Waals surface area contributed by atoms with Crippen molar-refractivity contribution in [1.29, 1.82) is 0 Å². The Labute approximate surface area is 214 Å². The van der Waals surface area contributed by atoms with E-state index in [1.54, 1.807) is 0 Å². The van der Waals surface area contributed by atoms with E-state index in [9.17, 15) is 0 Å².